The zero-order valence-corrected chi connectivity index (χ0v) is 11.1. The van der Waals surface area contributed by atoms with Gasteiger partial charge in [0.25, 0.3) is 5.56 Å². The van der Waals surface area contributed by atoms with Gasteiger partial charge in [-0.2, -0.15) is 0 Å². The van der Waals surface area contributed by atoms with Gasteiger partial charge >= 0.3 is 0 Å². The number of H-pyrrole nitrogens is 1. The van der Waals surface area contributed by atoms with Crippen LogP contribution in [0.5, 0.6) is 0 Å². The molecule has 0 spiro atoms. The van der Waals surface area contributed by atoms with Crippen LogP contribution in [0, 0.1) is 0 Å². The van der Waals surface area contributed by atoms with E-state index in [1.165, 1.54) is 25.7 Å². The Hall–Kier alpha value is -1.62. The van der Waals surface area contributed by atoms with E-state index >= 15 is 0 Å². The first-order chi connectivity index (χ1) is 9.28. The van der Waals surface area contributed by atoms with Crippen molar-refractivity contribution in [1.82, 2.24) is 14.6 Å². The number of aryl methyl sites for hydroxylation is 1. The lowest BCUT2D eigenvalue weighted by atomic mass is 10.1. The molecule has 1 aliphatic carbocycles. The molecule has 1 saturated carbocycles. The maximum atomic E-state index is 12.1. The van der Waals surface area contributed by atoms with Crippen molar-refractivity contribution < 1.29 is 0 Å². The Bertz CT molecular complexity index is 622. The van der Waals surface area contributed by atoms with Gasteiger partial charge in [0.15, 0.2) is 5.65 Å². The molecule has 0 amide bonds. The predicted octanol–water partition coefficient (Wildman–Crippen LogP) is 1.57. The third-order valence-corrected chi connectivity index (χ3v) is 3.96. The number of nitrogens with zero attached hydrogens (tertiary/aromatic N) is 2. The van der Waals surface area contributed by atoms with Gasteiger partial charge in [-0.25, -0.2) is 9.50 Å². The fraction of sp³-hybridized carbons (Fsp3) is 0.571. The summed E-state index contributed by atoms with van der Waals surface area (Å²) < 4.78 is 1.56. The van der Waals surface area contributed by atoms with Gasteiger partial charge in [0.1, 0.15) is 0 Å². The van der Waals surface area contributed by atoms with Gasteiger partial charge in [-0.15, -0.1) is 0 Å². The molecule has 0 aromatic carbocycles. The van der Waals surface area contributed by atoms with Crippen LogP contribution in [0.1, 0.15) is 49.4 Å². The maximum absolute atomic E-state index is 12.1. The zero-order valence-electron chi connectivity index (χ0n) is 11.1. The molecular formula is C14H20N4O. The van der Waals surface area contributed by atoms with E-state index in [0.717, 1.165) is 29.9 Å². The Balaban J connectivity index is 1.97. The summed E-state index contributed by atoms with van der Waals surface area (Å²) in [6.45, 7) is 0.626. The van der Waals surface area contributed by atoms with Crippen molar-refractivity contribution in [2.75, 3.05) is 6.54 Å². The summed E-state index contributed by atoms with van der Waals surface area (Å²) in [5, 5.41) is 3.21. The molecule has 2 aromatic rings. The topological polar surface area (TPSA) is 76.2 Å². The van der Waals surface area contributed by atoms with Crippen molar-refractivity contribution >= 4 is 5.65 Å². The average Bonchev–Trinajstić information content (AvgIpc) is 3.04. The SMILES string of the molecule is NCCCc1cc(=O)n2[nH]c(C3CCCC3)cc2n1. The summed E-state index contributed by atoms with van der Waals surface area (Å²) >= 11 is 0. The van der Waals surface area contributed by atoms with Crippen LogP contribution in [0.4, 0.5) is 0 Å². The van der Waals surface area contributed by atoms with Gasteiger partial charge in [0.2, 0.25) is 0 Å². The molecule has 2 aromatic heterocycles. The highest BCUT2D eigenvalue weighted by Gasteiger charge is 2.19. The fourth-order valence-corrected chi connectivity index (χ4v) is 2.92. The standard InChI is InChI=1S/C14H20N4O/c15-7-3-6-11-8-14(19)18-13(16-11)9-12(17-18)10-4-1-2-5-10/h8-10,17H,1-7,15H2. The minimum Gasteiger partial charge on any atom is -0.330 e. The molecule has 0 bridgehead atoms. The molecule has 5 nitrogen and oxygen atoms in total. The van der Waals surface area contributed by atoms with Crippen LogP contribution >= 0.6 is 0 Å². The van der Waals surface area contributed by atoms with Crippen molar-refractivity contribution in [2.24, 2.45) is 5.73 Å². The molecule has 0 unspecified atom stereocenters. The van der Waals surface area contributed by atoms with E-state index < -0.39 is 0 Å². The minimum absolute atomic E-state index is 0.0266. The fourth-order valence-electron chi connectivity index (χ4n) is 2.92. The maximum Gasteiger partial charge on any atom is 0.272 e. The van der Waals surface area contributed by atoms with Gasteiger partial charge < -0.3 is 5.73 Å². The summed E-state index contributed by atoms with van der Waals surface area (Å²) in [5.74, 6) is 0.564. The minimum atomic E-state index is -0.0266. The first-order valence-electron chi connectivity index (χ1n) is 7.09. The van der Waals surface area contributed by atoms with E-state index in [9.17, 15) is 4.79 Å². The molecule has 19 heavy (non-hydrogen) atoms. The summed E-state index contributed by atoms with van der Waals surface area (Å²) in [6.07, 6.45) is 6.62. The van der Waals surface area contributed by atoms with Crippen LogP contribution in [-0.2, 0) is 6.42 Å². The molecule has 0 aliphatic heterocycles. The molecule has 5 heteroatoms. The molecule has 2 heterocycles. The van der Waals surface area contributed by atoms with Gasteiger partial charge in [0, 0.05) is 29.4 Å². The molecule has 102 valence electrons. The number of hydrogen-bond acceptors (Lipinski definition) is 3. The summed E-state index contributed by atoms with van der Waals surface area (Å²) in [6, 6.07) is 3.64. The van der Waals surface area contributed by atoms with Crippen LogP contribution in [-0.4, -0.2) is 21.1 Å². The molecular weight excluding hydrogens is 240 g/mol. The Kier molecular flexibility index (Phi) is 3.38. The van der Waals surface area contributed by atoms with E-state index in [2.05, 4.69) is 10.1 Å². The monoisotopic (exact) mass is 260 g/mol. The number of nitrogens with two attached hydrogens (primary N) is 1. The number of hydrogen-bond donors (Lipinski definition) is 2. The Morgan fingerprint density at radius 3 is 2.89 bits per heavy atom. The number of rotatable bonds is 4. The molecule has 1 fully saturated rings. The lowest BCUT2D eigenvalue weighted by molar-refractivity contribution is 0.680. The molecule has 0 saturated heterocycles. The average molecular weight is 260 g/mol. The normalized spacial score (nSPS) is 16.5. The van der Waals surface area contributed by atoms with Crippen molar-refractivity contribution in [3.8, 4) is 0 Å². The van der Waals surface area contributed by atoms with Crippen LogP contribution in [0.2, 0.25) is 0 Å². The van der Waals surface area contributed by atoms with Crippen molar-refractivity contribution in [2.45, 2.75) is 44.4 Å². The quantitative estimate of drug-likeness (QED) is 0.876. The van der Waals surface area contributed by atoms with Gasteiger partial charge in [-0.05, 0) is 32.2 Å². The van der Waals surface area contributed by atoms with E-state index in [0.29, 0.717) is 12.5 Å². The van der Waals surface area contributed by atoms with E-state index in [-0.39, 0.29) is 5.56 Å². The van der Waals surface area contributed by atoms with Crippen LogP contribution < -0.4 is 11.3 Å². The lowest BCUT2D eigenvalue weighted by Gasteiger charge is -2.03. The highest BCUT2D eigenvalue weighted by atomic mass is 16.1. The first kappa shape index (κ1) is 12.4. The summed E-state index contributed by atoms with van der Waals surface area (Å²) in [4.78, 5) is 16.6. The smallest absolute Gasteiger partial charge is 0.272 e. The molecule has 0 radical (unpaired) electrons. The summed E-state index contributed by atoms with van der Waals surface area (Å²) in [5.41, 5.74) is 8.20. The first-order valence-corrected chi connectivity index (χ1v) is 7.09. The summed E-state index contributed by atoms with van der Waals surface area (Å²) in [7, 11) is 0. The third-order valence-electron chi connectivity index (χ3n) is 3.96. The zero-order chi connectivity index (χ0) is 13.2. The van der Waals surface area contributed by atoms with Gasteiger partial charge in [-0.3, -0.25) is 9.89 Å². The van der Waals surface area contributed by atoms with Crippen LogP contribution in [0.3, 0.4) is 0 Å². The molecule has 1 aliphatic rings. The van der Waals surface area contributed by atoms with E-state index in [1.54, 1.807) is 10.6 Å². The lowest BCUT2D eigenvalue weighted by Crippen LogP contribution is -2.16. The Morgan fingerprint density at radius 1 is 1.37 bits per heavy atom. The van der Waals surface area contributed by atoms with Gasteiger partial charge in [-0.1, -0.05) is 12.8 Å². The number of aromatic nitrogens is 3. The van der Waals surface area contributed by atoms with Crippen molar-refractivity contribution in [1.29, 1.82) is 0 Å². The molecule has 3 N–H and O–H groups in total. The second-order valence-corrected chi connectivity index (χ2v) is 5.36. The second-order valence-electron chi connectivity index (χ2n) is 5.36. The largest absolute Gasteiger partial charge is 0.330 e. The molecule has 0 atom stereocenters. The van der Waals surface area contributed by atoms with Crippen LogP contribution in [0.25, 0.3) is 5.65 Å². The number of aromatic amines is 1. The van der Waals surface area contributed by atoms with E-state index in [1.807, 2.05) is 6.07 Å². The predicted molar refractivity (Wildman–Crippen MR) is 74.4 cm³/mol. The van der Waals surface area contributed by atoms with E-state index in [4.69, 9.17) is 5.73 Å². The van der Waals surface area contributed by atoms with Crippen LogP contribution in [0.15, 0.2) is 16.9 Å². The molecule has 3 rings (SSSR count). The highest BCUT2D eigenvalue weighted by molar-refractivity contribution is 5.40. The number of nitrogens with one attached hydrogen (secondary N) is 1. The second kappa shape index (κ2) is 5.17. The number of fused-ring (bicyclic) bond motifs is 1. The third kappa shape index (κ3) is 2.42. The highest BCUT2D eigenvalue weighted by Crippen LogP contribution is 2.33. The van der Waals surface area contributed by atoms with Gasteiger partial charge in [0.05, 0.1) is 0 Å². The van der Waals surface area contributed by atoms with Crippen molar-refractivity contribution in [3.05, 3.63) is 33.9 Å². The Labute approximate surface area is 111 Å². The Morgan fingerprint density at radius 2 is 2.16 bits per heavy atom. The van der Waals surface area contributed by atoms with Crippen molar-refractivity contribution in [3.63, 3.8) is 0 Å².